The van der Waals surface area contributed by atoms with Gasteiger partial charge in [-0.2, -0.15) is 4.98 Å². The fourth-order valence-electron chi connectivity index (χ4n) is 2.37. The van der Waals surface area contributed by atoms with Gasteiger partial charge in [0.05, 0.1) is 19.0 Å². The van der Waals surface area contributed by atoms with Crippen molar-refractivity contribution in [1.82, 2.24) is 19.5 Å². The summed E-state index contributed by atoms with van der Waals surface area (Å²) in [4.78, 5) is 38.9. The number of aromatic amines is 1. The van der Waals surface area contributed by atoms with Gasteiger partial charge in [-0.05, 0) is 0 Å². The Morgan fingerprint density at radius 2 is 2.30 bits per heavy atom. The molecule has 1 aliphatic rings. The number of aromatic nitrogens is 4. The first-order valence-corrected chi connectivity index (χ1v) is 8.03. The fourth-order valence-corrected chi connectivity index (χ4v) is 2.71. The smallest absolute Gasteiger partial charge is 0.390 e. The summed E-state index contributed by atoms with van der Waals surface area (Å²) in [6, 6.07) is 0. The van der Waals surface area contributed by atoms with Gasteiger partial charge >= 0.3 is 13.5 Å². The van der Waals surface area contributed by atoms with Gasteiger partial charge in [-0.15, -0.1) is 0 Å². The molecular formula is C10H14N5O7P. The van der Waals surface area contributed by atoms with Crippen LogP contribution >= 0.6 is 7.82 Å². The Labute approximate surface area is 128 Å². The van der Waals surface area contributed by atoms with Gasteiger partial charge < -0.3 is 25.4 Å². The molecule has 3 atom stereocenters. The standard InChI is InChI=1S/C10H14N5O7P/c11-8-7-9(14-10(17)13-8)15(3-12-7)6-1-4(16)5(22-6)2-21-23(18,19)20/h3-6,16H,1-2H2,(H2,18,19,20)(H3,11,13,14,17). The number of aliphatic hydroxyl groups excluding tert-OH is 1. The molecule has 0 saturated carbocycles. The van der Waals surface area contributed by atoms with Crippen molar-refractivity contribution in [2.24, 2.45) is 0 Å². The van der Waals surface area contributed by atoms with E-state index in [1.807, 2.05) is 0 Å². The molecule has 0 spiro atoms. The summed E-state index contributed by atoms with van der Waals surface area (Å²) in [5.74, 6) is 0.0543. The second-order valence-corrected chi connectivity index (χ2v) is 6.24. The van der Waals surface area contributed by atoms with Gasteiger partial charge in [-0.1, -0.05) is 0 Å². The first-order chi connectivity index (χ1) is 10.7. The Bertz CT molecular complexity index is 829. The van der Waals surface area contributed by atoms with E-state index in [4.69, 9.17) is 20.3 Å². The molecule has 13 heteroatoms. The zero-order valence-corrected chi connectivity index (χ0v) is 12.5. The van der Waals surface area contributed by atoms with Crippen molar-refractivity contribution in [2.75, 3.05) is 12.3 Å². The lowest BCUT2D eigenvalue weighted by Crippen LogP contribution is -2.25. The topological polar surface area (TPSA) is 186 Å². The number of ether oxygens (including phenoxy) is 1. The normalized spacial score (nSPS) is 25.3. The number of H-pyrrole nitrogens is 1. The number of anilines is 1. The third-order valence-electron chi connectivity index (χ3n) is 3.39. The van der Waals surface area contributed by atoms with Crippen molar-refractivity contribution in [3.05, 3.63) is 16.8 Å². The first-order valence-electron chi connectivity index (χ1n) is 6.50. The van der Waals surface area contributed by atoms with Crippen LogP contribution in [0.4, 0.5) is 5.82 Å². The minimum atomic E-state index is -4.66. The lowest BCUT2D eigenvalue weighted by molar-refractivity contribution is -0.0424. The number of hydrogen-bond acceptors (Lipinski definition) is 8. The van der Waals surface area contributed by atoms with Crippen LogP contribution < -0.4 is 11.4 Å². The number of fused-ring (bicyclic) bond motifs is 1. The Kier molecular flexibility index (Phi) is 3.96. The number of phosphoric ester groups is 1. The average molecular weight is 347 g/mol. The van der Waals surface area contributed by atoms with Crippen molar-refractivity contribution in [3.63, 3.8) is 0 Å². The van der Waals surface area contributed by atoms with Crippen LogP contribution in [0.1, 0.15) is 12.6 Å². The van der Waals surface area contributed by atoms with Crippen LogP contribution in [-0.4, -0.2) is 53.2 Å². The van der Waals surface area contributed by atoms with Gasteiger partial charge in [-0.25, -0.2) is 14.3 Å². The maximum Gasteiger partial charge on any atom is 0.469 e. The maximum absolute atomic E-state index is 11.4. The number of nitrogens with two attached hydrogens (primary N) is 1. The van der Waals surface area contributed by atoms with E-state index in [0.29, 0.717) is 0 Å². The molecule has 1 fully saturated rings. The minimum Gasteiger partial charge on any atom is -0.390 e. The van der Waals surface area contributed by atoms with Crippen molar-refractivity contribution >= 4 is 24.8 Å². The third-order valence-corrected chi connectivity index (χ3v) is 3.88. The summed E-state index contributed by atoms with van der Waals surface area (Å²) in [5, 5.41) is 9.93. The molecule has 0 radical (unpaired) electrons. The Morgan fingerprint density at radius 1 is 1.57 bits per heavy atom. The molecule has 12 nitrogen and oxygen atoms in total. The number of nitrogen functional groups attached to an aromatic ring is 1. The summed E-state index contributed by atoms with van der Waals surface area (Å²) in [5.41, 5.74) is 5.45. The highest BCUT2D eigenvalue weighted by molar-refractivity contribution is 7.46. The molecular weight excluding hydrogens is 333 g/mol. The van der Waals surface area contributed by atoms with E-state index < -0.39 is 38.6 Å². The molecule has 2 aromatic rings. The Morgan fingerprint density at radius 3 is 3.00 bits per heavy atom. The number of nitrogens with zero attached hydrogens (tertiary/aromatic N) is 3. The van der Waals surface area contributed by atoms with Crippen LogP contribution in [-0.2, 0) is 13.8 Å². The maximum atomic E-state index is 11.4. The summed E-state index contributed by atoms with van der Waals surface area (Å²) < 4.78 is 22.0. The number of nitrogens with one attached hydrogen (secondary N) is 1. The van der Waals surface area contributed by atoms with Crippen molar-refractivity contribution in [1.29, 1.82) is 0 Å². The van der Waals surface area contributed by atoms with E-state index in [2.05, 4.69) is 19.5 Å². The van der Waals surface area contributed by atoms with Crippen LogP contribution in [0, 0.1) is 0 Å². The van der Waals surface area contributed by atoms with E-state index in [1.165, 1.54) is 10.9 Å². The summed E-state index contributed by atoms with van der Waals surface area (Å²) in [7, 11) is -4.66. The zero-order chi connectivity index (χ0) is 16.8. The second-order valence-electron chi connectivity index (χ2n) is 5.00. The van der Waals surface area contributed by atoms with Crippen LogP contribution in [0.2, 0.25) is 0 Å². The molecule has 3 rings (SSSR count). The van der Waals surface area contributed by atoms with E-state index in [9.17, 15) is 14.5 Å². The van der Waals surface area contributed by atoms with Crippen molar-refractivity contribution in [3.8, 4) is 0 Å². The molecule has 2 aromatic heterocycles. The number of hydrogen-bond donors (Lipinski definition) is 5. The minimum absolute atomic E-state index is 0.0543. The lowest BCUT2D eigenvalue weighted by atomic mass is 10.2. The highest BCUT2D eigenvalue weighted by atomic mass is 31.2. The fraction of sp³-hybridized carbons (Fsp3) is 0.500. The summed E-state index contributed by atoms with van der Waals surface area (Å²) in [6.07, 6.45) is -1.22. The molecule has 23 heavy (non-hydrogen) atoms. The van der Waals surface area contributed by atoms with E-state index in [1.54, 1.807) is 0 Å². The molecule has 3 unspecified atom stereocenters. The molecule has 1 aliphatic heterocycles. The number of aliphatic hydroxyl groups is 1. The van der Waals surface area contributed by atoms with Gasteiger partial charge in [-0.3, -0.25) is 14.1 Å². The van der Waals surface area contributed by atoms with Crippen molar-refractivity contribution in [2.45, 2.75) is 24.9 Å². The predicted octanol–water partition coefficient (Wildman–Crippen LogP) is -1.54. The summed E-state index contributed by atoms with van der Waals surface area (Å²) >= 11 is 0. The molecule has 126 valence electrons. The largest absolute Gasteiger partial charge is 0.469 e. The van der Waals surface area contributed by atoms with E-state index in [0.717, 1.165) is 0 Å². The van der Waals surface area contributed by atoms with Crippen LogP contribution in [0.5, 0.6) is 0 Å². The van der Waals surface area contributed by atoms with Gasteiger partial charge in [0.25, 0.3) is 0 Å². The number of rotatable bonds is 4. The molecule has 0 aliphatic carbocycles. The third kappa shape index (κ3) is 3.27. The van der Waals surface area contributed by atoms with Crippen LogP contribution in [0.15, 0.2) is 11.1 Å². The Hall–Kier alpha value is -1.82. The first kappa shape index (κ1) is 16.1. The molecule has 0 aromatic carbocycles. The van der Waals surface area contributed by atoms with Gasteiger partial charge in [0.15, 0.2) is 5.65 Å². The number of phosphoric acid groups is 1. The molecule has 1 saturated heterocycles. The zero-order valence-electron chi connectivity index (χ0n) is 11.6. The Balaban J connectivity index is 1.84. The molecule has 0 amide bonds. The lowest BCUT2D eigenvalue weighted by Gasteiger charge is -2.16. The molecule has 6 N–H and O–H groups in total. The molecule has 3 heterocycles. The van der Waals surface area contributed by atoms with Gasteiger partial charge in [0, 0.05) is 6.42 Å². The SMILES string of the molecule is Nc1[nH]c(=O)nc2c1ncn2C1CC(O)C(COP(=O)(O)O)O1. The predicted molar refractivity (Wildman–Crippen MR) is 75.1 cm³/mol. The van der Waals surface area contributed by atoms with Gasteiger partial charge in [0.1, 0.15) is 23.7 Å². The molecule has 0 bridgehead atoms. The van der Waals surface area contributed by atoms with E-state index >= 15 is 0 Å². The average Bonchev–Trinajstić information content (AvgIpc) is 2.99. The summed E-state index contributed by atoms with van der Waals surface area (Å²) in [6.45, 7) is -0.481. The monoisotopic (exact) mass is 347 g/mol. The van der Waals surface area contributed by atoms with Crippen LogP contribution in [0.25, 0.3) is 11.2 Å². The quantitative estimate of drug-likeness (QED) is 0.406. The number of imidazole rings is 1. The van der Waals surface area contributed by atoms with Gasteiger partial charge in [0.2, 0.25) is 0 Å². The second kappa shape index (κ2) is 5.67. The van der Waals surface area contributed by atoms with Crippen molar-refractivity contribution < 1.29 is 28.7 Å². The van der Waals surface area contributed by atoms with E-state index in [-0.39, 0.29) is 23.4 Å². The highest BCUT2D eigenvalue weighted by Gasteiger charge is 2.37. The van der Waals surface area contributed by atoms with Crippen LogP contribution in [0.3, 0.4) is 0 Å². The highest BCUT2D eigenvalue weighted by Crippen LogP contribution is 2.38.